The first-order valence-electron chi connectivity index (χ1n) is 11.1. The standard InChI is InChI=1S/C23H30N2O6/c1-22(2)12-9-15(22)23(30)16(10-12)31-18-13(19(23)27)3-4-14(26)17(18)21(29)25-7-5-11(6-8-25)20(24)28/h3-4,11-12,15-16,19,26-27,30H,5-10H2,1-2H3,(H2,24,28)/t12-,15-,16-,19+,23-/m1/s1. The van der Waals surface area contributed by atoms with Crippen LogP contribution in [0.5, 0.6) is 11.5 Å². The molecule has 0 spiro atoms. The van der Waals surface area contributed by atoms with Crippen molar-refractivity contribution in [3.05, 3.63) is 23.3 Å². The van der Waals surface area contributed by atoms with Crippen molar-refractivity contribution in [2.75, 3.05) is 13.1 Å². The number of fused-ring (bicyclic) bond motifs is 1. The number of hydrogen-bond acceptors (Lipinski definition) is 6. The van der Waals surface area contributed by atoms with Crippen LogP contribution in [0.15, 0.2) is 12.1 Å². The first-order chi connectivity index (χ1) is 14.6. The molecule has 5 N–H and O–H groups in total. The predicted molar refractivity (Wildman–Crippen MR) is 110 cm³/mol. The number of aromatic hydroxyl groups is 1. The summed E-state index contributed by atoms with van der Waals surface area (Å²) in [5.74, 6) is -0.822. The number of primary amides is 1. The summed E-state index contributed by atoms with van der Waals surface area (Å²) in [5, 5.41) is 33.4. The molecule has 2 amide bonds. The molecule has 2 heterocycles. The van der Waals surface area contributed by atoms with E-state index >= 15 is 0 Å². The lowest BCUT2D eigenvalue weighted by Gasteiger charge is -2.67. The molecule has 2 aliphatic heterocycles. The second kappa shape index (κ2) is 6.59. The van der Waals surface area contributed by atoms with Gasteiger partial charge in [0.2, 0.25) is 5.91 Å². The molecule has 0 aromatic heterocycles. The minimum atomic E-state index is -1.43. The van der Waals surface area contributed by atoms with Gasteiger partial charge in [-0.05, 0) is 55.1 Å². The van der Waals surface area contributed by atoms with Gasteiger partial charge >= 0.3 is 0 Å². The van der Waals surface area contributed by atoms with Crippen molar-refractivity contribution in [3.8, 4) is 11.5 Å². The summed E-state index contributed by atoms with van der Waals surface area (Å²) >= 11 is 0. The summed E-state index contributed by atoms with van der Waals surface area (Å²) in [4.78, 5) is 26.3. The Labute approximate surface area is 181 Å². The van der Waals surface area contributed by atoms with Gasteiger partial charge in [-0.25, -0.2) is 0 Å². The SMILES string of the molecule is CC1(C)[C@@H]2C[C@H]1[C@@]1(O)[C@@H](C2)Oc2c(ccc(O)c2C(=O)N2CCC(C(N)=O)CC2)[C@@H]1O. The lowest BCUT2D eigenvalue weighted by Crippen LogP contribution is -2.72. The van der Waals surface area contributed by atoms with Crippen LogP contribution in [-0.4, -0.2) is 56.8 Å². The number of rotatable bonds is 2. The molecule has 5 aliphatic rings. The number of benzene rings is 1. The number of aliphatic hydroxyl groups is 2. The maximum Gasteiger partial charge on any atom is 0.261 e. The molecule has 6 rings (SSSR count). The van der Waals surface area contributed by atoms with Crippen molar-refractivity contribution in [2.45, 2.75) is 57.3 Å². The number of nitrogens with zero attached hydrogens (tertiary/aromatic N) is 1. The number of carbonyl (C=O) groups excluding carboxylic acids is 2. The highest BCUT2D eigenvalue weighted by molar-refractivity contribution is 6.00. The van der Waals surface area contributed by atoms with E-state index in [-0.39, 0.29) is 40.2 Å². The van der Waals surface area contributed by atoms with E-state index in [4.69, 9.17) is 10.5 Å². The molecule has 8 heteroatoms. The average Bonchev–Trinajstić information content (AvgIpc) is 2.73. The summed E-state index contributed by atoms with van der Waals surface area (Å²) < 4.78 is 6.20. The van der Waals surface area contributed by atoms with E-state index in [9.17, 15) is 24.9 Å². The fourth-order valence-electron chi connectivity index (χ4n) is 6.44. The van der Waals surface area contributed by atoms with E-state index in [1.54, 1.807) is 4.90 Å². The highest BCUT2D eigenvalue weighted by Crippen LogP contribution is 2.67. The highest BCUT2D eigenvalue weighted by Gasteiger charge is 2.69. The van der Waals surface area contributed by atoms with Crippen LogP contribution in [0.3, 0.4) is 0 Å². The molecule has 2 bridgehead atoms. The monoisotopic (exact) mass is 430 g/mol. The van der Waals surface area contributed by atoms with Crippen molar-refractivity contribution in [1.29, 1.82) is 0 Å². The van der Waals surface area contributed by atoms with Crippen LogP contribution in [0.25, 0.3) is 0 Å². The minimum Gasteiger partial charge on any atom is -0.507 e. The number of phenolic OH excluding ortho intramolecular Hbond substituents is 1. The van der Waals surface area contributed by atoms with E-state index in [1.807, 2.05) is 0 Å². The Hall–Kier alpha value is -2.32. The number of likely N-dealkylation sites (tertiary alicyclic amines) is 1. The second-order valence-corrected chi connectivity index (χ2v) is 10.3. The van der Waals surface area contributed by atoms with Gasteiger partial charge in [-0.1, -0.05) is 13.8 Å². The molecule has 0 radical (unpaired) electrons. The molecule has 5 atom stereocenters. The fourth-order valence-corrected chi connectivity index (χ4v) is 6.44. The quantitative estimate of drug-likeness (QED) is 0.559. The third kappa shape index (κ3) is 2.67. The number of amides is 2. The molecule has 1 aromatic rings. The van der Waals surface area contributed by atoms with Crippen LogP contribution in [0.1, 0.15) is 61.6 Å². The Morgan fingerprint density at radius 2 is 1.87 bits per heavy atom. The van der Waals surface area contributed by atoms with Gasteiger partial charge in [-0.3, -0.25) is 9.59 Å². The number of hydrogen-bond donors (Lipinski definition) is 4. The summed E-state index contributed by atoms with van der Waals surface area (Å²) in [6.07, 6.45) is 0.529. The number of phenols is 1. The Kier molecular flexibility index (Phi) is 4.37. The van der Waals surface area contributed by atoms with Crippen molar-refractivity contribution >= 4 is 11.8 Å². The lowest BCUT2D eigenvalue weighted by molar-refractivity contribution is -0.289. The maximum atomic E-state index is 13.3. The molecule has 31 heavy (non-hydrogen) atoms. The van der Waals surface area contributed by atoms with Crippen molar-refractivity contribution in [2.24, 2.45) is 28.9 Å². The Morgan fingerprint density at radius 3 is 2.48 bits per heavy atom. The number of piperidine rings is 1. The Bertz CT molecular complexity index is 954. The largest absolute Gasteiger partial charge is 0.507 e. The zero-order chi connectivity index (χ0) is 22.3. The molecule has 1 aromatic carbocycles. The maximum absolute atomic E-state index is 13.3. The summed E-state index contributed by atoms with van der Waals surface area (Å²) in [6, 6.07) is 2.90. The first-order valence-corrected chi connectivity index (χ1v) is 11.1. The normalized spacial score (nSPS) is 35.9. The average molecular weight is 431 g/mol. The lowest BCUT2D eigenvalue weighted by atomic mass is 9.42. The van der Waals surface area contributed by atoms with Crippen molar-refractivity contribution < 1.29 is 29.6 Å². The molecule has 1 saturated heterocycles. The van der Waals surface area contributed by atoms with E-state index in [0.29, 0.717) is 43.8 Å². The molecular weight excluding hydrogens is 400 g/mol. The molecular formula is C23H30N2O6. The van der Waals surface area contributed by atoms with E-state index < -0.39 is 23.7 Å². The zero-order valence-corrected chi connectivity index (χ0v) is 17.9. The molecule has 4 fully saturated rings. The van der Waals surface area contributed by atoms with Gasteiger partial charge in [-0.2, -0.15) is 0 Å². The van der Waals surface area contributed by atoms with Crippen LogP contribution >= 0.6 is 0 Å². The van der Waals surface area contributed by atoms with Crippen molar-refractivity contribution in [3.63, 3.8) is 0 Å². The van der Waals surface area contributed by atoms with Crippen LogP contribution in [0.2, 0.25) is 0 Å². The third-order valence-electron chi connectivity index (χ3n) is 8.60. The van der Waals surface area contributed by atoms with Gasteiger partial charge in [0.25, 0.3) is 5.91 Å². The minimum absolute atomic E-state index is 0.00892. The van der Waals surface area contributed by atoms with E-state index in [2.05, 4.69) is 13.8 Å². The molecule has 8 nitrogen and oxygen atoms in total. The first kappa shape index (κ1) is 20.6. The van der Waals surface area contributed by atoms with Crippen LogP contribution in [-0.2, 0) is 4.79 Å². The van der Waals surface area contributed by atoms with Crippen LogP contribution in [0, 0.1) is 23.2 Å². The van der Waals surface area contributed by atoms with Crippen LogP contribution in [0.4, 0.5) is 0 Å². The number of aliphatic hydroxyl groups excluding tert-OH is 1. The van der Waals surface area contributed by atoms with Crippen LogP contribution < -0.4 is 10.5 Å². The Balaban J connectivity index is 1.49. The third-order valence-corrected chi connectivity index (χ3v) is 8.60. The number of nitrogens with two attached hydrogens (primary N) is 1. The predicted octanol–water partition coefficient (Wildman–Crippen LogP) is 1.32. The highest BCUT2D eigenvalue weighted by atomic mass is 16.5. The molecule has 0 unspecified atom stereocenters. The van der Waals surface area contributed by atoms with Gasteiger partial charge in [0.05, 0.1) is 0 Å². The van der Waals surface area contributed by atoms with Gasteiger partial charge in [-0.15, -0.1) is 0 Å². The topological polar surface area (TPSA) is 133 Å². The summed E-state index contributed by atoms with van der Waals surface area (Å²) in [6.45, 7) is 4.93. The van der Waals surface area contributed by atoms with Gasteiger partial charge < -0.3 is 30.7 Å². The van der Waals surface area contributed by atoms with E-state index in [0.717, 1.165) is 6.42 Å². The van der Waals surface area contributed by atoms with Gasteiger partial charge in [0.15, 0.2) is 0 Å². The second-order valence-electron chi connectivity index (χ2n) is 10.3. The molecule has 3 saturated carbocycles. The summed E-state index contributed by atoms with van der Waals surface area (Å²) in [7, 11) is 0. The molecule has 168 valence electrons. The Morgan fingerprint density at radius 1 is 1.19 bits per heavy atom. The van der Waals surface area contributed by atoms with E-state index in [1.165, 1.54) is 12.1 Å². The van der Waals surface area contributed by atoms with Gasteiger partial charge in [0, 0.05) is 24.6 Å². The molecule has 3 aliphatic carbocycles. The van der Waals surface area contributed by atoms with Crippen molar-refractivity contribution in [1.82, 2.24) is 4.90 Å². The van der Waals surface area contributed by atoms with Gasteiger partial charge in [0.1, 0.15) is 34.9 Å². The zero-order valence-electron chi connectivity index (χ0n) is 17.9. The number of ether oxygens (including phenoxy) is 1. The summed E-state index contributed by atoms with van der Waals surface area (Å²) in [5.41, 5.74) is 4.20. The smallest absolute Gasteiger partial charge is 0.261 e. The fraction of sp³-hybridized carbons (Fsp3) is 0.652. The number of carbonyl (C=O) groups is 2.